The average Bonchev–Trinajstić information content (AvgIpc) is 3.17. The molecule has 7 nitrogen and oxygen atoms in total. The monoisotopic (exact) mass is 402 g/mol. The predicted molar refractivity (Wildman–Crippen MR) is 120 cm³/mol. The van der Waals surface area contributed by atoms with Crippen LogP contribution in [-0.2, 0) is 11.3 Å². The van der Waals surface area contributed by atoms with Crippen molar-refractivity contribution in [1.82, 2.24) is 15.0 Å². The Kier molecular flexibility index (Phi) is 5.04. The number of morpholine rings is 1. The van der Waals surface area contributed by atoms with Crippen LogP contribution in [0.2, 0.25) is 0 Å². The molecule has 2 aliphatic rings. The van der Waals surface area contributed by atoms with Crippen molar-refractivity contribution in [2.45, 2.75) is 26.8 Å². The topological polar surface area (TPSA) is 75.5 Å². The molecule has 1 fully saturated rings. The van der Waals surface area contributed by atoms with E-state index in [1.54, 1.807) is 0 Å². The molecule has 0 radical (unpaired) electrons. The molecule has 4 heterocycles. The Hall–Kier alpha value is -3.06. The van der Waals surface area contributed by atoms with Gasteiger partial charge in [-0.1, -0.05) is 26.0 Å². The normalized spacial score (nSPS) is 16.1. The Bertz CT molecular complexity index is 1090. The van der Waals surface area contributed by atoms with Crippen LogP contribution in [0.15, 0.2) is 41.7 Å². The highest BCUT2D eigenvalue weighted by atomic mass is 16.5. The van der Waals surface area contributed by atoms with Gasteiger partial charge >= 0.3 is 0 Å². The summed E-state index contributed by atoms with van der Waals surface area (Å²) in [7, 11) is 0. The number of benzene rings is 1. The van der Waals surface area contributed by atoms with E-state index in [4.69, 9.17) is 14.7 Å². The van der Waals surface area contributed by atoms with Crippen molar-refractivity contribution in [2.24, 2.45) is 10.9 Å². The minimum absolute atomic E-state index is 0.554. The minimum Gasteiger partial charge on any atom is -0.378 e. The number of aromatic nitrogens is 3. The lowest BCUT2D eigenvalue weighted by Crippen LogP contribution is -2.36. The van der Waals surface area contributed by atoms with Gasteiger partial charge in [-0.05, 0) is 30.0 Å². The molecule has 0 unspecified atom stereocenters. The van der Waals surface area contributed by atoms with E-state index >= 15 is 0 Å². The van der Waals surface area contributed by atoms with Gasteiger partial charge in [-0.3, -0.25) is 4.99 Å². The molecule has 0 spiro atoms. The third-order valence-electron chi connectivity index (χ3n) is 5.53. The summed E-state index contributed by atoms with van der Waals surface area (Å²) in [4.78, 5) is 21.0. The summed E-state index contributed by atoms with van der Waals surface area (Å²) in [6, 6.07) is 8.28. The molecule has 3 aromatic rings. The summed E-state index contributed by atoms with van der Waals surface area (Å²) in [6.45, 7) is 8.50. The molecule has 5 rings (SSSR count). The molecule has 1 N–H and O–H groups in total. The molecule has 2 aromatic heterocycles. The standard InChI is InChI=1S/C23H26N6O/c1-15(2)11-19-21-16(12-24-19)3-4-17-13-26-23(28-22(17)21)27-20-6-5-18(14-25-20)29-7-9-30-10-8-29/h3-6,13-15H,7-12H2,1-2H3,(H,25,26,27,28). The first-order valence-corrected chi connectivity index (χ1v) is 10.6. The fourth-order valence-corrected chi connectivity index (χ4v) is 4.05. The quantitative estimate of drug-likeness (QED) is 0.696. The van der Waals surface area contributed by atoms with E-state index in [-0.39, 0.29) is 0 Å². The number of hydrogen-bond donors (Lipinski definition) is 1. The van der Waals surface area contributed by atoms with Crippen molar-refractivity contribution in [2.75, 3.05) is 36.5 Å². The Balaban J connectivity index is 1.41. The largest absolute Gasteiger partial charge is 0.378 e. The van der Waals surface area contributed by atoms with E-state index in [2.05, 4.69) is 52.2 Å². The van der Waals surface area contributed by atoms with Gasteiger partial charge in [0.25, 0.3) is 0 Å². The van der Waals surface area contributed by atoms with Gasteiger partial charge in [0.1, 0.15) is 5.82 Å². The molecule has 0 amide bonds. The highest BCUT2D eigenvalue weighted by Gasteiger charge is 2.21. The lowest BCUT2D eigenvalue weighted by molar-refractivity contribution is 0.122. The molecule has 2 aliphatic heterocycles. The van der Waals surface area contributed by atoms with Crippen molar-refractivity contribution in [3.63, 3.8) is 0 Å². The predicted octanol–water partition coefficient (Wildman–Crippen LogP) is 3.95. The smallest absolute Gasteiger partial charge is 0.228 e. The lowest BCUT2D eigenvalue weighted by atomic mass is 9.96. The van der Waals surface area contributed by atoms with Crippen LogP contribution in [0.1, 0.15) is 31.4 Å². The summed E-state index contributed by atoms with van der Waals surface area (Å²) < 4.78 is 5.42. The number of nitrogens with zero attached hydrogens (tertiary/aromatic N) is 5. The molecule has 30 heavy (non-hydrogen) atoms. The summed E-state index contributed by atoms with van der Waals surface area (Å²) >= 11 is 0. The van der Waals surface area contributed by atoms with Crippen molar-refractivity contribution in [3.05, 3.63) is 47.8 Å². The van der Waals surface area contributed by atoms with Crippen molar-refractivity contribution in [1.29, 1.82) is 0 Å². The maximum Gasteiger partial charge on any atom is 0.228 e. The Labute approximate surface area is 176 Å². The molecular formula is C23H26N6O. The van der Waals surface area contributed by atoms with E-state index in [0.29, 0.717) is 11.9 Å². The lowest BCUT2D eigenvalue weighted by Gasteiger charge is -2.28. The minimum atomic E-state index is 0.554. The van der Waals surface area contributed by atoms with E-state index in [0.717, 1.165) is 67.4 Å². The highest BCUT2D eigenvalue weighted by Crippen LogP contribution is 2.30. The third-order valence-corrected chi connectivity index (χ3v) is 5.53. The second-order valence-corrected chi connectivity index (χ2v) is 8.22. The Morgan fingerprint density at radius 1 is 1.07 bits per heavy atom. The zero-order chi connectivity index (χ0) is 20.5. The third kappa shape index (κ3) is 3.73. The molecule has 0 saturated carbocycles. The molecule has 7 heteroatoms. The average molecular weight is 403 g/mol. The maximum absolute atomic E-state index is 5.42. The van der Waals surface area contributed by atoms with Crippen molar-refractivity contribution < 1.29 is 4.74 Å². The van der Waals surface area contributed by atoms with E-state index in [9.17, 15) is 0 Å². The number of anilines is 3. The van der Waals surface area contributed by atoms with Crippen LogP contribution < -0.4 is 10.2 Å². The van der Waals surface area contributed by atoms with Gasteiger partial charge in [0.15, 0.2) is 0 Å². The zero-order valence-corrected chi connectivity index (χ0v) is 17.4. The maximum atomic E-state index is 5.42. The van der Waals surface area contributed by atoms with E-state index in [1.165, 1.54) is 11.1 Å². The van der Waals surface area contributed by atoms with Gasteiger partial charge in [-0.25, -0.2) is 15.0 Å². The first-order chi connectivity index (χ1) is 14.7. The Morgan fingerprint density at radius 2 is 1.93 bits per heavy atom. The van der Waals surface area contributed by atoms with Crippen LogP contribution in [0.3, 0.4) is 0 Å². The molecular weight excluding hydrogens is 376 g/mol. The second kappa shape index (κ2) is 7.99. The van der Waals surface area contributed by atoms with Gasteiger partial charge in [0.2, 0.25) is 5.95 Å². The number of hydrogen-bond acceptors (Lipinski definition) is 7. The number of pyridine rings is 1. The SMILES string of the molecule is CC(C)CC1=NCc2ccc3cnc(Nc4ccc(N5CCOCC5)cn4)nc3c21. The van der Waals surface area contributed by atoms with Gasteiger partial charge < -0.3 is 15.0 Å². The fourth-order valence-electron chi connectivity index (χ4n) is 4.05. The number of aliphatic imine (C=N–C) groups is 1. The van der Waals surface area contributed by atoms with Crippen molar-refractivity contribution >= 4 is 34.1 Å². The molecule has 1 saturated heterocycles. The number of fused-ring (bicyclic) bond motifs is 3. The summed E-state index contributed by atoms with van der Waals surface area (Å²) in [5.74, 6) is 1.84. The van der Waals surface area contributed by atoms with Crippen LogP contribution in [0.25, 0.3) is 10.9 Å². The fraction of sp³-hybridized carbons (Fsp3) is 0.391. The zero-order valence-electron chi connectivity index (χ0n) is 17.4. The van der Waals surface area contributed by atoms with Gasteiger partial charge in [-0.15, -0.1) is 0 Å². The number of rotatable bonds is 5. The molecule has 0 aliphatic carbocycles. The van der Waals surface area contributed by atoms with E-state index in [1.807, 2.05) is 18.5 Å². The van der Waals surface area contributed by atoms with Crippen LogP contribution in [0, 0.1) is 5.92 Å². The van der Waals surface area contributed by atoms with Crippen LogP contribution in [0.5, 0.6) is 0 Å². The summed E-state index contributed by atoms with van der Waals surface area (Å²) in [6.07, 6.45) is 4.72. The molecule has 0 bridgehead atoms. The first kappa shape index (κ1) is 18.9. The number of ether oxygens (including phenoxy) is 1. The highest BCUT2D eigenvalue weighted by molar-refractivity contribution is 6.12. The van der Waals surface area contributed by atoms with E-state index < -0.39 is 0 Å². The Morgan fingerprint density at radius 3 is 2.70 bits per heavy atom. The van der Waals surface area contributed by atoms with Crippen molar-refractivity contribution in [3.8, 4) is 0 Å². The number of nitrogens with one attached hydrogen (secondary N) is 1. The van der Waals surface area contributed by atoms with Gasteiger partial charge in [0, 0.05) is 35.9 Å². The van der Waals surface area contributed by atoms with Gasteiger partial charge in [-0.2, -0.15) is 0 Å². The van der Waals surface area contributed by atoms with Gasteiger partial charge in [0.05, 0.1) is 37.2 Å². The summed E-state index contributed by atoms with van der Waals surface area (Å²) in [5, 5.41) is 4.29. The van der Waals surface area contributed by atoms with Crippen LogP contribution >= 0.6 is 0 Å². The molecule has 154 valence electrons. The molecule has 0 atom stereocenters. The molecule has 1 aromatic carbocycles. The van der Waals surface area contributed by atoms with Crippen LogP contribution in [-0.4, -0.2) is 47.0 Å². The van der Waals surface area contributed by atoms with Crippen LogP contribution in [0.4, 0.5) is 17.5 Å². The second-order valence-electron chi connectivity index (χ2n) is 8.22. The first-order valence-electron chi connectivity index (χ1n) is 10.6. The summed E-state index contributed by atoms with van der Waals surface area (Å²) in [5.41, 5.74) is 5.66.